The fourth-order valence-corrected chi connectivity index (χ4v) is 2.08. The average molecular weight is 282 g/mol. The van der Waals surface area contributed by atoms with E-state index in [0.29, 0.717) is 23.4 Å². The number of fused-ring (bicyclic) bond motifs is 1. The van der Waals surface area contributed by atoms with Gasteiger partial charge in [0.25, 0.3) is 0 Å². The number of nitrogens with two attached hydrogens (primary N) is 1. The number of rotatable bonds is 6. The molecule has 0 bridgehead atoms. The molecule has 0 amide bonds. The second kappa shape index (κ2) is 5.74. The summed E-state index contributed by atoms with van der Waals surface area (Å²) in [5.74, 6) is 0.208. The summed E-state index contributed by atoms with van der Waals surface area (Å²) in [7, 11) is 0. The SMILES string of the molecule is CSCC[C@@H](Nc1nc(N)nc2nc[nH]c12)C(=O)O. The summed E-state index contributed by atoms with van der Waals surface area (Å²) in [4.78, 5) is 26.0. The maximum Gasteiger partial charge on any atom is 0.326 e. The molecule has 0 radical (unpaired) electrons. The van der Waals surface area contributed by atoms with Crippen molar-refractivity contribution in [2.75, 3.05) is 23.1 Å². The van der Waals surface area contributed by atoms with Gasteiger partial charge in [-0.2, -0.15) is 21.7 Å². The quantitative estimate of drug-likeness (QED) is 0.604. The third kappa shape index (κ3) is 3.05. The molecule has 0 aliphatic rings. The van der Waals surface area contributed by atoms with Gasteiger partial charge in [-0.05, 0) is 18.4 Å². The van der Waals surface area contributed by atoms with Crippen LogP contribution in [0.4, 0.5) is 11.8 Å². The highest BCUT2D eigenvalue weighted by Crippen LogP contribution is 2.19. The summed E-state index contributed by atoms with van der Waals surface area (Å²) >= 11 is 1.59. The molecule has 1 atom stereocenters. The van der Waals surface area contributed by atoms with Crippen LogP contribution in [-0.4, -0.2) is 49.1 Å². The van der Waals surface area contributed by atoms with Crippen LogP contribution in [0.2, 0.25) is 0 Å². The second-order valence-electron chi connectivity index (χ2n) is 3.85. The molecule has 5 N–H and O–H groups in total. The molecule has 0 saturated heterocycles. The van der Waals surface area contributed by atoms with Gasteiger partial charge in [-0.15, -0.1) is 0 Å². The number of hydrogen-bond donors (Lipinski definition) is 4. The maximum absolute atomic E-state index is 11.2. The van der Waals surface area contributed by atoms with Gasteiger partial charge in [-0.3, -0.25) is 0 Å². The van der Waals surface area contributed by atoms with E-state index < -0.39 is 12.0 Å². The highest BCUT2D eigenvalue weighted by molar-refractivity contribution is 7.98. The first kappa shape index (κ1) is 13.4. The first-order valence-electron chi connectivity index (χ1n) is 5.56. The molecular formula is C10H14N6O2S. The second-order valence-corrected chi connectivity index (χ2v) is 4.83. The number of nitrogen functional groups attached to an aromatic ring is 1. The topological polar surface area (TPSA) is 130 Å². The summed E-state index contributed by atoms with van der Waals surface area (Å²) in [6, 6.07) is -0.728. The Balaban J connectivity index is 2.27. The lowest BCUT2D eigenvalue weighted by Gasteiger charge is -2.14. The Morgan fingerprint density at radius 1 is 1.63 bits per heavy atom. The fourth-order valence-electron chi connectivity index (χ4n) is 1.61. The minimum atomic E-state index is -0.932. The van der Waals surface area contributed by atoms with Crippen molar-refractivity contribution in [1.29, 1.82) is 0 Å². The van der Waals surface area contributed by atoms with Crippen LogP contribution < -0.4 is 11.1 Å². The van der Waals surface area contributed by atoms with Crippen LogP contribution in [0.3, 0.4) is 0 Å². The molecule has 102 valence electrons. The number of thioether (sulfide) groups is 1. The summed E-state index contributed by atoms with van der Waals surface area (Å²) in [5.41, 5.74) is 6.52. The van der Waals surface area contributed by atoms with E-state index in [2.05, 4.69) is 25.3 Å². The molecule has 0 spiro atoms. The molecule has 0 aromatic carbocycles. The van der Waals surface area contributed by atoms with E-state index >= 15 is 0 Å². The molecule has 2 aromatic heterocycles. The summed E-state index contributed by atoms with van der Waals surface area (Å²) in [6.45, 7) is 0. The molecule has 0 aliphatic carbocycles. The maximum atomic E-state index is 11.2. The van der Waals surface area contributed by atoms with Gasteiger partial charge < -0.3 is 21.1 Å². The van der Waals surface area contributed by atoms with Crippen molar-refractivity contribution in [3.8, 4) is 0 Å². The average Bonchev–Trinajstić information content (AvgIpc) is 2.81. The molecule has 2 rings (SSSR count). The number of carboxylic acid groups (broad SMARTS) is 1. The number of anilines is 2. The van der Waals surface area contributed by atoms with Crippen LogP contribution in [-0.2, 0) is 4.79 Å². The number of nitrogens with one attached hydrogen (secondary N) is 2. The Hall–Kier alpha value is -2.03. The number of aromatic amines is 1. The van der Waals surface area contributed by atoms with E-state index in [9.17, 15) is 9.90 Å². The highest BCUT2D eigenvalue weighted by atomic mass is 32.2. The van der Waals surface area contributed by atoms with Gasteiger partial charge in [0.2, 0.25) is 5.95 Å². The fraction of sp³-hybridized carbons (Fsp3) is 0.400. The Bertz CT molecular complexity index is 586. The molecule has 0 saturated carbocycles. The van der Waals surface area contributed by atoms with Gasteiger partial charge >= 0.3 is 5.97 Å². The largest absolute Gasteiger partial charge is 0.480 e. The lowest BCUT2D eigenvalue weighted by atomic mass is 10.2. The molecule has 9 heteroatoms. The summed E-state index contributed by atoms with van der Waals surface area (Å²) in [5, 5.41) is 12.0. The van der Waals surface area contributed by atoms with E-state index in [1.807, 2.05) is 6.26 Å². The van der Waals surface area contributed by atoms with Crippen LogP contribution in [0, 0.1) is 0 Å². The van der Waals surface area contributed by atoms with Crippen LogP contribution in [0.1, 0.15) is 6.42 Å². The van der Waals surface area contributed by atoms with E-state index in [1.54, 1.807) is 11.8 Å². The van der Waals surface area contributed by atoms with Crippen molar-refractivity contribution in [3.05, 3.63) is 6.33 Å². The van der Waals surface area contributed by atoms with E-state index in [0.717, 1.165) is 5.75 Å². The van der Waals surface area contributed by atoms with Gasteiger partial charge in [0, 0.05) is 0 Å². The highest BCUT2D eigenvalue weighted by Gasteiger charge is 2.19. The Kier molecular flexibility index (Phi) is 4.05. The number of carbonyl (C=O) groups is 1. The number of nitrogens with zero attached hydrogens (tertiary/aromatic N) is 3. The third-order valence-corrected chi connectivity index (χ3v) is 3.17. The zero-order valence-corrected chi connectivity index (χ0v) is 11.1. The Morgan fingerprint density at radius 2 is 2.42 bits per heavy atom. The van der Waals surface area contributed by atoms with Gasteiger partial charge in [-0.25, -0.2) is 9.78 Å². The van der Waals surface area contributed by atoms with Crippen molar-refractivity contribution in [2.24, 2.45) is 0 Å². The first-order chi connectivity index (χ1) is 9.11. The van der Waals surface area contributed by atoms with Crippen LogP contribution in [0.15, 0.2) is 6.33 Å². The van der Waals surface area contributed by atoms with Gasteiger partial charge in [0.05, 0.1) is 6.33 Å². The minimum absolute atomic E-state index is 0.0519. The predicted octanol–water partition coefficient (Wildman–Crippen LogP) is 0.553. The first-order valence-corrected chi connectivity index (χ1v) is 6.96. The zero-order valence-electron chi connectivity index (χ0n) is 10.3. The number of carboxylic acids is 1. The Morgan fingerprint density at radius 3 is 3.11 bits per heavy atom. The molecule has 0 unspecified atom stereocenters. The monoisotopic (exact) mass is 282 g/mol. The van der Waals surface area contributed by atoms with E-state index in [-0.39, 0.29) is 5.95 Å². The third-order valence-electron chi connectivity index (χ3n) is 2.52. The van der Waals surface area contributed by atoms with Gasteiger partial charge in [0.1, 0.15) is 11.6 Å². The van der Waals surface area contributed by atoms with E-state index in [1.165, 1.54) is 6.33 Å². The molecular weight excluding hydrogens is 268 g/mol. The van der Waals surface area contributed by atoms with Crippen molar-refractivity contribution in [2.45, 2.75) is 12.5 Å². The smallest absolute Gasteiger partial charge is 0.326 e. The number of aromatic nitrogens is 4. The van der Waals surface area contributed by atoms with Crippen LogP contribution in [0.5, 0.6) is 0 Å². The van der Waals surface area contributed by atoms with Gasteiger partial charge in [0.15, 0.2) is 11.5 Å². The number of aliphatic carboxylic acids is 1. The standard InChI is InChI=1S/C10H14N6O2S/c1-19-3-2-5(9(17)18)14-8-6-7(13-4-12-6)15-10(11)16-8/h4-5H,2-3H2,1H3,(H,17,18)(H4,11,12,13,14,15,16)/t5-/m1/s1. The Labute approximate surface area is 113 Å². The molecule has 8 nitrogen and oxygen atoms in total. The zero-order chi connectivity index (χ0) is 13.8. The van der Waals surface area contributed by atoms with Crippen molar-refractivity contribution < 1.29 is 9.90 Å². The normalized spacial score (nSPS) is 12.5. The van der Waals surface area contributed by atoms with Gasteiger partial charge in [-0.1, -0.05) is 0 Å². The molecule has 2 aromatic rings. The lowest BCUT2D eigenvalue weighted by molar-refractivity contribution is -0.137. The van der Waals surface area contributed by atoms with Crippen LogP contribution in [0.25, 0.3) is 11.2 Å². The molecule has 19 heavy (non-hydrogen) atoms. The molecule has 0 aliphatic heterocycles. The predicted molar refractivity (Wildman–Crippen MR) is 74.1 cm³/mol. The van der Waals surface area contributed by atoms with E-state index in [4.69, 9.17) is 5.73 Å². The summed E-state index contributed by atoms with van der Waals surface area (Å²) < 4.78 is 0. The number of H-pyrrole nitrogens is 1. The van der Waals surface area contributed by atoms with Crippen LogP contribution >= 0.6 is 11.8 Å². The minimum Gasteiger partial charge on any atom is -0.480 e. The van der Waals surface area contributed by atoms with Crippen molar-refractivity contribution in [3.63, 3.8) is 0 Å². The number of imidazole rings is 1. The molecule has 2 heterocycles. The summed E-state index contributed by atoms with van der Waals surface area (Å²) in [6.07, 6.45) is 3.87. The van der Waals surface area contributed by atoms with Crippen molar-refractivity contribution in [1.82, 2.24) is 19.9 Å². The lowest BCUT2D eigenvalue weighted by Crippen LogP contribution is -2.30. The number of hydrogen-bond acceptors (Lipinski definition) is 7. The van der Waals surface area contributed by atoms with Crippen molar-refractivity contribution >= 4 is 40.7 Å². The molecule has 0 fully saturated rings.